The molecule has 7 heteroatoms. The van der Waals surface area contributed by atoms with Crippen molar-refractivity contribution in [2.24, 2.45) is 5.41 Å². The Kier molecular flexibility index (Phi) is 6.31. The van der Waals surface area contributed by atoms with E-state index in [1.54, 1.807) is 13.8 Å². The van der Waals surface area contributed by atoms with Crippen molar-refractivity contribution < 1.29 is 27.5 Å². The van der Waals surface area contributed by atoms with Gasteiger partial charge in [0.05, 0.1) is 19.0 Å². The number of carbonyl (C=O) groups is 2. The van der Waals surface area contributed by atoms with Crippen LogP contribution in [0.5, 0.6) is 0 Å². The number of ether oxygens (including phenoxy) is 2. The van der Waals surface area contributed by atoms with E-state index in [0.29, 0.717) is 0 Å². The third-order valence-corrected chi connectivity index (χ3v) is 3.37. The molecule has 0 N–H and O–H groups in total. The predicted octanol–water partition coefficient (Wildman–Crippen LogP) is 0.554. The van der Waals surface area contributed by atoms with Crippen LogP contribution in [0.25, 0.3) is 0 Å². The molecule has 0 saturated heterocycles. The van der Waals surface area contributed by atoms with Crippen molar-refractivity contribution in [3.8, 4) is 0 Å². The maximum absolute atomic E-state index is 11.8. The first-order valence-corrected chi connectivity index (χ1v) is 7.75. The normalized spacial score (nSPS) is 12.0. The Labute approximate surface area is 108 Å². The van der Waals surface area contributed by atoms with Crippen LogP contribution in [0.3, 0.4) is 0 Å². The summed E-state index contributed by atoms with van der Waals surface area (Å²) in [6, 6.07) is 0. The third-order valence-electron chi connectivity index (χ3n) is 2.42. The lowest BCUT2D eigenvalue weighted by Crippen LogP contribution is -2.40. The molecule has 106 valence electrons. The summed E-state index contributed by atoms with van der Waals surface area (Å²) in [5.41, 5.74) is -1.57. The molecule has 0 spiro atoms. The van der Waals surface area contributed by atoms with Gasteiger partial charge in [0.1, 0.15) is 9.84 Å². The van der Waals surface area contributed by atoms with Crippen LogP contribution < -0.4 is 0 Å². The molecule has 0 amide bonds. The standard InChI is InChI=1S/C11H20O6S/c1-5-16-9(12)11(3,10(13)17-6-2)7-8-18(4,14)15/h5-8H2,1-4H3. The average molecular weight is 280 g/mol. The van der Waals surface area contributed by atoms with Crippen molar-refractivity contribution in [2.45, 2.75) is 27.2 Å². The second kappa shape index (κ2) is 6.72. The number of carbonyl (C=O) groups excluding carboxylic acids is 2. The largest absolute Gasteiger partial charge is 0.465 e. The van der Waals surface area contributed by atoms with Gasteiger partial charge in [0, 0.05) is 6.26 Å². The lowest BCUT2D eigenvalue weighted by Gasteiger charge is -2.24. The Hall–Kier alpha value is -1.11. The second-order valence-electron chi connectivity index (χ2n) is 4.15. The zero-order valence-corrected chi connectivity index (χ0v) is 12.0. The molecule has 0 bridgehead atoms. The second-order valence-corrected chi connectivity index (χ2v) is 6.41. The fraction of sp³-hybridized carbons (Fsp3) is 0.818. The van der Waals surface area contributed by atoms with E-state index in [-0.39, 0.29) is 25.4 Å². The molecule has 6 nitrogen and oxygen atoms in total. The minimum Gasteiger partial charge on any atom is -0.465 e. The lowest BCUT2D eigenvalue weighted by atomic mass is 9.87. The Morgan fingerprint density at radius 2 is 1.44 bits per heavy atom. The van der Waals surface area contributed by atoms with Crippen LogP contribution in [-0.4, -0.2) is 45.6 Å². The van der Waals surface area contributed by atoms with Crippen molar-refractivity contribution in [3.63, 3.8) is 0 Å². The van der Waals surface area contributed by atoms with Gasteiger partial charge in [-0.15, -0.1) is 0 Å². The van der Waals surface area contributed by atoms with Gasteiger partial charge in [-0.05, 0) is 27.2 Å². The van der Waals surface area contributed by atoms with Gasteiger partial charge in [-0.1, -0.05) is 0 Å². The van der Waals surface area contributed by atoms with Crippen LogP contribution in [-0.2, 0) is 28.9 Å². The smallest absolute Gasteiger partial charge is 0.323 e. The van der Waals surface area contributed by atoms with Crippen molar-refractivity contribution >= 4 is 21.8 Å². The maximum Gasteiger partial charge on any atom is 0.323 e. The first-order chi connectivity index (χ1) is 8.17. The molecular weight excluding hydrogens is 260 g/mol. The van der Waals surface area contributed by atoms with Crippen LogP contribution in [0, 0.1) is 5.41 Å². The number of rotatable bonds is 7. The summed E-state index contributed by atoms with van der Waals surface area (Å²) < 4.78 is 31.9. The zero-order chi connectivity index (χ0) is 14.4. The third kappa shape index (κ3) is 5.03. The van der Waals surface area contributed by atoms with E-state index in [9.17, 15) is 18.0 Å². The topological polar surface area (TPSA) is 86.7 Å². The predicted molar refractivity (Wildman–Crippen MR) is 65.7 cm³/mol. The Bertz CT molecular complexity index is 380. The highest BCUT2D eigenvalue weighted by Gasteiger charge is 2.44. The van der Waals surface area contributed by atoms with E-state index in [0.717, 1.165) is 6.26 Å². The molecule has 18 heavy (non-hydrogen) atoms. The van der Waals surface area contributed by atoms with Crippen molar-refractivity contribution in [3.05, 3.63) is 0 Å². The summed E-state index contributed by atoms with van der Waals surface area (Å²) in [5.74, 6) is -1.79. The van der Waals surface area contributed by atoms with Gasteiger partial charge in [-0.2, -0.15) is 0 Å². The van der Waals surface area contributed by atoms with Crippen LogP contribution in [0.4, 0.5) is 0 Å². The van der Waals surface area contributed by atoms with Gasteiger partial charge in [0.15, 0.2) is 5.41 Å². The summed E-state index contributed by atoms with van der Waals surface area (Å²) in [6.07, 6.45) is 0.896. The minimum absolute atomic E-state index is 0.118. The zero-order valence-electron chi connectivity index (χ0n) is 11.2. The van der Waals surface area contributed by atoms with Crippen molar-refractivity contribution in [1.82, 2.24) is 0 Å². The fourth-order valence-electron chi connectivity index (χ4n) is 1.26. The molecule has 0 radical (unpaired) electrons. The van der Waals surface area contributed by atoms with Gasteiger partial charge in [-0.25, -0.2) is 8.42 Å². The maximum atomic E-state index is 11.8. The highest BCUT2D eigenvalue weighted by atomic mass is 32.2. The molecular formula is C11H20O6S. The summed E-state index contributed by atoms with van der Waals surface area (Å²) >= 11 is 0. The van der Waals surface area contributed by atoms with Gasteiger partial charge in [0.25, 0.3) is 0 Å². The van der Waals surface area contributed by atoms with E-state index < -0.39 is 27.2 Å². The van der Waals surface area contributed by atoms with Gasteiger partial charge >= 0.3 is 11.9 Å². The summed E-state index contributed by atoms with van der Waals surface area (Å²) in [4.78, 5) is 23.6. The number of esters is 2. The monoisotopic (exact) mass is 280 g/mol. The molecule has 0 aromatic carbocycles. The van der Waals surface area contributed by atoms with Crippen LogP contribution in [0.2, 0.25) is 0 Å². The minimum atomic E-state index is -3.27. The molecule has 0 aromatic rings. The molecule has 0 aliphatic heterocycles. The van der Waals surface area contributed by atoms with Gasteiger partial charge < -0.3 is 9.47 Å². The molecule has 0 saturated carbocycles. The number of hydrogen-bond acceptors (Lipinski definition) is 6. The Balaban J connectivity index is 5.02. The molecule has 0 fully saturated rings. The van der Waals surface area contributed by atoms with E-state index in [4.69, 9.17) is 9.47 Å². The van der Waals surface area contributed by atoms with Crippen molar-refractivity contribution in [1.29, 1.82) is 0 Å². The van der Waals surface area contributed by atoms with Crippen LogP contribution >= 0.6 is 0 Å². The molecule has 0 atom stereocenters. The molecule has 0 rings (SSSR count). The molecule has 0 unspecified atom stereocenters. The fourth-order valence-corrected chi connectivity index (χ4v) is 2.04. The van der Waals surface area contributed by atoms with Gasteiger partial charge in [0.2, 0.25) is 0 Å². The molecule has 0 aliphatic carbocycles. The van der Waals surface area contributed by atoms with Crippen molar-refractivity contribution in [2.75, 3.05) is 25.2 Å². The first-order valence-electron chi connectivity index (χ1n) is 5.69. The average Bonchev–Trinajstić information content (AvgIpc) is 2.25. The SMILES string of the molecule is CCOC(=O)C(C)(CCS(C)(=O)=O)C(=O)OCC. The van der Waals surface area contributed by atoms with E-state index in [1.165, 1.54) is 6.92 Å². The van der Waals surface area contributed by atoms with E-state index in [2.05, 4.69) is 0 Å². The van der Waals surface area contributed by atoms with Crippen LogP contribution in [0.1, 0.15) is 27.2 Å². The number of hydrogen-bond donors (Lipinski definition) is 0. The molecule has 0 heterocycles. The highest BCUT2D eigenvalue weighted by molar-refractivity contribution is 7.90. The summed E-state index contributed by atoms with van der Waals surface area (Å²) in [5, 5.41) is 0. The quantitative estimate of drug-likeness (QED) is 0.500. The lowest BCUT2D eigenvalue weighted by molar-refractivity contribution is -0.170. The van der Waals surface area contributed by atoms with Crippen LogP contribution in [0.15, 0.2) is 0 Å². The summed E-state index contributed by atoms with van der Waals surface area (Å²) in [6.45, 7) is 4.80. The van der Waals surface area contributed by atoms with E-state index >= 15 is 0 Å². The molecule has 0 aliphatic rings. The summed E-state index contributed by atoms with van der Waals surface area (Å²) in [7, 11) is -3.27. The highest BCUT2D eigenvalue weighted by Crippen LogP contribution is 2.26. The first kappa shape index (κ1) is 16.9. The Morgan fingerprint density at radius 3 is 1.72 bits per heavy atom. The number of sulfone groups is 1. The Morgan fingerprint density at radius 1 is 1.06 bits per heavy atom. The van der Waals surface area contributed by atoms with Gasteiger partial charge in [-0.3, -0.25) is 9.59 Å². The molecule has 0 aromatic heterocycles. The van der Waals surface area contributed by atoms with E-state index in [1.807, 2.05) is 0 Å².